The molecule has 31 heavy (non-hydrogen) atoms. The summed E-state index contributed by atoms with van der Waals surface area (Å²) in [6.07, 6.45) is 6.50. The number of carbonyl (C=O) groups excluding carboxylic acids is 2. The number of hydrogen-bond acceptors (Lipinski definition) is 6. The molecular weight excluding hydrogens is 428 g/mol. The number of allylic oxidation sites excluding steroid dienone is 1. The first kappa shape index (κ1) is 21.5. The van der Waals surface area contributed by atoms with Crippen LogP contribution in [0.5, 0.6) is 0 Å². The molecule has 0 bridgehead atoms. The van der Waals surface area contributed by atoms with Gasteiger partial charge in [0.2, 0.25) is 5.91 Å². The number of aromatic nitrogens is 3. The Morgan fingerprint density at radius 2 is 2.13 bits per heavy atom. The number of nitrogens with zero attached hydrogens (tertiary/aromatic N) is 3. The molecule has 0 radical (unpaired) electrons. The zero-order valence-corrected chi connectivity index (χ0v) is 19.0. The van der Waals surface area contributed by atoms with Crippen molar-refractivity contribution in [3.05, 3.63) is 58.3 Å². The van der Waals surface area contributed by atoms with Gasteiger partial charge in [-0.1, -0.05) is 30.0 Å². The Morgan fingerprint density at radius 1 is 1.29 bits per heavy atom. The van der Waals surface area contributed by atoms with Crippen LogP contribution >= 0.6 is 23.1 Å². The van der Waals surface area contributed by atoms with Crippen LogP contribution in [0.2, 0.25) is 0 Å². The van der Waals surface area contributed by atoms with Gasteiger partial charge in [-0.15, -0.1) is 28.1 Å². The summed E-state index contributed by atoms with van der Waals surface area (Å²) in [6, 6.07) is 6.94. The predicted molar refractivity (Wildman–Crippen MR) is 126 cm³/mol. The first-order valence-corrected chi connectivity index (χ1v) is 12.1. The monoisotopic (exact) mass is 452 g/mol. The molecule has 4 rings (SSSR count). The van der Waals surface area contributed by atoms with Crippen LogP contribution in [0.15, 0.2) is 47.5 Å². The van der Waals surface area contributed by atoms with Gasteiger partial charge in [-0.25, -0.2) is 0 Å². The van der Waals surface area contributed by atoms with Gasteiger partial charge in [0.05, 0.1) is 5.75 Å². The van der Waals surface area contributed by atoms with Gasteiger partial charge in [0.25, 0.3) is 0 Å². The van der Waals surface area contributed by atoms with Gasteiger partial charge in [-0.05, 0) is 50.3 Å². The fraction of sp³-hybridized carbons (Fsp3) is 0.304. The maximum atomic E-state index is 12.5. The van der Waals surface area contributed by atoms with Crippen molar-refractivity contribution in [1.82, 2.24) is 14.8 Å². The average Bonchev–Trinajstić information content (AvgIpc) is 3.36. The van der Waals surface area contributed by atoms with Crippen molar-refractivity contribution in [3.63, 3.8) is 0 Å². The number of anilines is 1. The number of nitrogens with one attached hydrogen (secondary N) is 1. The third kappa shape index (κ3) is 4.80. The number of fused-ring (bicyclic) bond motifs is 1. The summed E-state index contributed by atoms with van der Waals surface area (Å²) in [6.45, 7) is 5.96. The summed E-state index contributed by atoms with van der Waals surface area (Å²) in [5, 5.41) is 14.5. The van der Waals surface area contributed by atoms with E-state index in [-0.39, 0.29) is 17.4 Å². The number of hydrogen-bond donors (Lipinski definition) is 1. The minimum absolute atomic E-state index is 0.0360. The lowest BCUT2D eigenvalue weighted by Gasteiger charge is -2.13. The standard InChI is InChI=1S/C23H24N4O2S2/c1-3-11-27-22(19-13-30-20-10-5-4-9-18(19)20)25-26-23(27)31-14-21(29)24-17-8-6-7-16(12-17)15(2)28/h3,6-8,12-13H,1,4-5,9-11,14H2,2H3,(H,24,29). The van der Waals surface area contributed by atoms with E-state index in [4.69, 9.17) is 0 Å². The molecule has 0 saturated carbocycles. The van der Waals surface area contributed by atoms with Gasteiger partial charge in [0.1, 0.15) is 0 Å². The third-order valence-electron chi connectivity index (χ3n) is 5.22. The lowest BCUT2D eigenvalue weighted by atomic mass is 9.95. The van der Waals surface area contributed by atoms with E-state index < -0.39 is 0 Å². The molecule has 160 valence electrons. The van der Waals surface area contributed by atoms with Crippen LogP contribution in [0.4, 0.5) is 5.69 Å². The fourth-order valence-electron chi connectivity index (χ4n) is 3.71. The molecule has 0 atom stereocenters. The van der Waals surface area contributed by atoms with Crippen LogP contribution in [0.3, 0.4) is 0 Å². The van der Waals surface area contributed by atoms with Crippen LogP contribution in [0.25, 0.3) is 11.4 Å². The molecule has 0 spiro atoms. The largest absolute Gasteiger partial charge is 0.325 e. The third-order valence-corrected chi connectivity index (χ3v) is 7.27. The molecule has 3 aromatic rings. The molecule has 1 aliphatic carbocycles. The number of benzene rings is 1. The summed E-state index contributed by atoms with van der Waals surface area (Å²) in [5.41, 5.74) is 3.73. The summed E-state index contributed by atoms with van der Waals surface area (Å²) in [5.74, 6) is 0.845. The smallest absolute Gasteiger partial charge is 0.234 e. The number of ketones is 1. The second-order valence-corrected chi connectivity index (χ2v) is 9.34. The van der Waals surface area contributed by atoms with Gasteiger partial charge in [0.15, 0.2) is 16.8 Å². The number of Topliss-reactive ketones (excluding diaryl/α,β-unsaturated/α-hetero) is 1. The van der Waals surface area contributed by atoms with Crippen LogP contribution in [-0.2, 0) is 24.2 Å². The zero-order chi connectivity index (χ0) is 21.8. The van der Waals surface area contributed by atoms with Crippen molar-refractivity contribution in [2.45, 2.75) is 44.3 Å². The molecule has 1 N–H and O–H groups in total. The Morgan fingerprint density at radius 3 is 2.94 bits per heavy atom. The highest BCUT2D eigenvalue weighted by atomic mass is 32.2. The number of carbonyl (C=O) groups is 2. The average molecular weight is 453 g/mol. The van der Waals surface area contributed by atoms with E-state index in [1.165, 1.54) is 42.0 Å². The number of thiophene rings is 1. The molecule has 8 heteroatoms. The van der Waals surface area contributed by atoms with Gasteiger partial charge in [-0.2, -0.15) is 0 Å². The van der Waals surface area contributed by atoms with Crippen molar-refractivity contribution in [2.75, 3.05) is 11.1 Å². The molecule has 2 heterocycles. The van der Waals surface area contributed by atoms with E-state index in [0.29, 0.717) is 23.0 Å². The number of rotatable bonds is 8. The molecular formula is C23H24N4O2S2. The van der Waals surface area contributed by atoms with Crippen molar-refractivity contribution in [3.8, 4) is 11.4 Å². The molecule has 0 unspecified atom stereocenters. The number of aryl methyl sites for hydroxylation is 1. The highest BCUT2D eigenvalue weighted by molar-refractivity contribution is 7.99. The summed E-state index contributed by atoms with van der Waals surface area (Å²) >= 11 is 3.15. The Balaban J connectivity index is 1.48. The maximum absolute atomic E-state index is 12.5. The van der Waals surface area contributed by atoms with Crippen molar-refractivity contribution in [2.24, 2.45) is 0 Å². The predicted octanol–water partition coefficient (Wildman–Crippen LogP) is 5.00. The van der Waals surface area contributed by atoms with E-state index in [1.54, 1.807) is 35.6 Å². The molecule has 1 aromatic carbocycles. The fourth-order valence-corrected chi connectivity index (χ4v) is 5.58. The van der Waals surface area contributed by atoms with Crippen LogP contribution in [0, 0.1) is 0 Å². The first-order valence-electron chi connectivity index (χ1n) is 10.2. The molecule has 0 fully saturated rings. The highest BCUT2D eigenvalue weighted by Gasteiger charge is 2.22. The van der Waals surface area contributed by atoms with Gasteiger partial charge in [-0.3, -0.25) is 14.2 Å². The highest BCUT2D eigenvalue weighted by Crippen LogP contribution is 2.36. The van der Waals surface area contributed by atoms with Gasteiger partial charge in [0, 0.05) is 33.6 Å². The molecule has 0 aliphatic heterocycles. The molecule has 1 aliphatic rings. The van der Waals surface area contributed by atoms with Crippen molar-refractivity contribution in [1.29, 1.82) is 0 Å². The lowest BCUT2D eigenvalue weighted by Crippen LogP contribution is -2.15. The lowest BCUT2D eigenvalue weighted by molar-refractivity contribution is -0.113. The Bertz CT molecular complexity index is 1130. The van der Waals surface area contributed by atoms with Crippen molar-refractivity contribution < 1.29 is 9.59 Å². The molecule has 1 amide bonds. The zero-order valence-electron chi connectivity index (χ0n) is 17.4. The second-order valence-electron chi connectivity index (χ2n) is 7.44. The minimum atomic E-state index is -0.159. The van der Waals surface area contributed by atoms with E-state index in [1.807, 2.05) is 10.6 Å². The van der Waals surface area contributed by atoms with Gasteiger partial charge < -0.3 is 5.32 Å². The van der Waals surface area contributed by atoms with Gasteiger partial charge >= 0.3 is 0 Å². The van der Waals surface area contributed by atoms with Crippen LogP contribution in [0.1, 0.15) is 40.6 Å². The van der Waals surface area contributed by atoms with Crippen molar-refractivity contribution >= 4 is 40.5 Å². The first-order chi connectivity index (χ1) is 15.1. The van der Waals surface area contributed by atoms with Crippen LogP contribution < -0.4 is 5.32 Å². The van der Waals surface area contributed by atoms with E-state index in [2.05, 4.69) is 27.5 Å². The molecule has 2 aromatic heterocycles. The second kappa shape index (κ2) is 9.62. The number of amides is 1. The van der Waals surface area contributed by atoms with Crippen LogP contribution in [-0.4, -0.2) is 32.2 Å². The minimum Gasteiger partial charge on any atom is -0.325 e. The van der Waals surface area contributed by atoms with E-state index >= 15 is 0 Å². The number of thioether (sulfide) groups is 1. The topological polar surface area (TPSA) is 76.9 Å². The Labute approximate surface area is 189 Å². The van der Waals surface area contributed by atoms with E-state index in [0.717, 1.165) is 24.2 Å². The quantitative estimate of drug-likeness (QED) is 0.295. The maximum Gasteiger partial charge on any atom is 0.234 e. The summed E-state index contributed by atoms with van der Waals surface area (Å²) < 4.78 is 2.03. The normalized spacial score (nSPS) is 12.9. The van der Waals surface area contributed by atoms with E-state index in [9.17, 15) is 9.59 Å². The SMILES string of the molecule is C=CCn1c(SCC(=O)Nc2cccc(C(C)=O)c2)nnc1-c1csc2c1CCCC2. The summed E-state index contributed by atoms with van der Waals surface area (Å²) in [7, 11) is 0. The Kier molecular flexibility index (Phi) is 6.67. The molecule has 0 saturated heterocycles. The summed E-state index contributed by atoms with van der Waals surface area (Å²) in [4.78, 5) is 25.5. The molecule has 6 nitrogen and oxygen atoms in total. The Hall–Kier alpha value is -2.71.